The molecule has 0 saturated carbocycles. The summed E-state index contributed by atoms with van der Waals surface area (Å²) in [6.45, 7) is 4.05. The molecular formula is C11H13ClN2S. The van der Waals surface area contributed by atoms with Gasteiger partial charge in [-0.25, -0.2) is 4.98 Å². The third-order valence-electron chi connectivity index (χ3n) is 2.02. The van der Waals surface area contributed by atoms with E-state index in [1.807, 2.05) is 26.0 Å². The van der Waals surface area contributed by atoms with E-state index in [2.05, 4.69) is 11.1 Å². The van der Waals surface area contributed by atoms with Gasteiger partial charge in [-0.2, -0.15) is 0 Å². The van der Waals surface area contributed by atoms with E-state index in [1.54, 1.807) is 11.3 Å². The molecule has 0 spiro atoms. The number of nitrogens with two attached hydrogens (primary N) is 1. The van der Waals surface area contributed by atoms with Crippen LogP contribution >= 0.6 is 22.9 Å². The fraction of sp³-hybridized carbons (Fsp3) is 0.364. The molecule has 0 atom stereocenters. The van der Waals surface area contributed by atoms with Gasteiger partial charge in [0.25, 0.3) is 0 Å². The first kappa shape index (κ1) is 10.9. The van der Waals surface area contributed by atoms with Crippen molar-refractivity contribution < 1.29 is 0 Å². The van der Waals surface area contributed by atoms with E-state index in [0.29, 0.717) is 5.15 Å². The highest BCUT2D eigenvalue weighted by molar-refractivity contribution is 7.19. The van der Waals surface area contributed by atoms with Crippen LogP contribution in [0.25, 0.3) is 10.2 Å². The standard InChI is InChI=1S/C11H13ClN2S/c1-11(2,13)6-7-5-8-9(15-7)3-4-10(12)14-8/h3-5H,6,13H2,1-2H3. The van der Waals surface area contributed by atoms with Gasteiger partial charge >= 0.3 is 0 Å². The van der Waals surface area contributed by atoms with Gasteiger partial charge in [-0.1, -0.05) is 11.6 Å². The summed E-state index contributed by atoms with van der Waals surface area (Å²) >= 11 is 7.56. The molecule has 2 nitrogen and oxygen atoms in total. The van der Waals surface area contributed by atoms with Crippen molar-refractivity contribution >= 4 is 33.2 Å². The Bertz CT molecular complexity index is 485. The minimum Gasteiger partial charge on any atom is -0.325 e. The van der Waals surface area contributed by atoms with Crippen molar-refractivity contribution in [2.24, 2.45) is 5.73 Å². The van der Waals surface area contributed by atoms with E-state index in [4.69, 9.17) is 17.3 Å². The third kappa shape index (κ3) is 2.68. The predicted octanol–water partition coefficient (Wildman–Crippen LogP) is 3.23. The van der Waals surface area contributed by atoms with Crippen molar-refractivity contribution in [1.29, 1.82) is 0 Å². The maximum absolute atomic E-state index is 5.98. The molecule has 0 aliphatic rings. The number of thiophene rings is 1. The number of hydrogen-bond acceptors (Lipinski definition) is 3. The zero-order valence-electron chi connectivity index (χ0n) is 8.75. The van der Waals surface area contributed by atoms with Gasteiger partial charge in [0.05, 0.1) is 10.2 Å². The predicted molar refractivity (Wildman–Crippen MR) is 66.6 cm³/mol. The van der Waals surface area contributed by atoms with Crippen LogP contribution in [0.4, 0.5) is 0 Å². The molecule has 2 heterocycles. The van der Waals surface area contributed by atoms with Crippen LogP contribution in [-0.4, -0.2) is 10.5 Å². The molecule has 4 heteroatoms. The third-order valence-corrected chi connectivity index (χ3v) is 3.32. The second-order valence-electron chi connectivity index (χ2n) is 4.40. The molecule has 0 amide bonds. The molecule has 0 aliphatic carbocycles. The van der Waals surface area contributed by atoms with Gasteiger partial charge in [0.1, 0.15) is 5.15 Å². The summed E-state index contributed by atoms with van der Waals surface area (Å²) in [4.78, 5) is 5.52. The van der Waals surface area contributed by atoms with Crippen LogP contribution in [0.1, 0.15) is 18.7 Å². The lowest BCUT2D eigenvalue weighted by Gasteiger charge is -2.16. The van der Waals surface area contributed by atoms with E-state index in [1.165, 1.54) is 9.58 Å². The summed E-state index contributed by atoms with van der Waals surface area (Å²) in [5.41, 5.74) is 6.77. The summed E-state index contributed by atoms with van der Waals surface area (Å²) in [6, 6.07) is 5.89. The molecule has 80 valence electrons. The average molecular weight is 241 g/mol. The van der Waals surface area contributed by atoms with E-state index >= 15 is 0 Å². The van der Waals surface area contributed by atoms with Crippen molar-refractivity contribution in [3.05, 3.63) is 28.2 Å². The van der Waals surface area contributed by atoms with Crippen LogP contribution in [-0.2, 0) is 6.42 Å². The number of pyridine rings is 1. The van der Waals surface area contributed by atoms with Gasteiger partial charge < -0.3 is 5.73 Å². The minimum atomic E-state index is -0.176. The molecule has 0 unspecified atom stereocenters. The highest BCUT2D eigenvalue weighted by Gasteiger charge is 2.14. The van der Waals surface area contributed by atoms with Crippen LogP contribution in [0.5, 0.6) is 0 Å². The lowest BCUT2D eigenvalue weighted by molar-refractivity contribution is 0.521. The van der Waals surface area contributed by atoms with Gasteiger partial charge in [0.2, 0.25) is 0 Å². The number of aromatic nitrogens is 1. The Balaban J connectivity index is 2.39. The first-order valence-corrected chi connectivity index (χ1v) is 5.97. The molecule has 0 radical (unpaired) electrons. The number of hydrogen-bond donors (Lipinski definition) is 1. The Morgan fingerprint density at radius 1 is 1.47 bits per heavy atom. The lowest BCUT2D eigenvalue weighted by Crippen LogP contribution is -2.33. The first-order chi connectivity index (χ1) is 6.94. The highest BCUT2D eigenvalue weighted by atomic mass is 35.5. The number of rotatable bonds is 2. The van der Waals surface area contributed by atoms with Crippen molar-refractivity contribution in [3.8, 4) is 0 Å². The molecule has 2 aromatic heterocycles. The zero-order valence-corrected chi connectivity index (χ0v) is 10.3. The molecule has 15 heavy (non-hydrogen) atoms. The second-order valence-corrected chi connectivity index (χ2v) is 5.95. The van der Waals surface area contributed by atoms with E-state index in [-0.39, 0.29) is 5.54 Å². The van der Waals surface area contributed by atoms with E-state index in [0.717, 1.165) is 11.9 Å². The summed E-state index contributed by atoms with van der Waals surface area (Å²) in [7, 11) is 0. The van der Waals surface area contributed by atoms with Crippen molar-refractivity contribution in [1.82, 2.24) is 4.98 Å². The molecule has 2 rings (SSSR count). The number of fused-ring (bicyclic) bond motifs is 1. The van der Waals surface area contributed by atoms with Crippen LogP contribution in [0.2, 0.25) is 5.15 Å². The first-order valence-electron chi connectivity index (χ1n) is 4.78. The Morgan fingerprint density at radius 2 is 2.20 bits per heavy atom. The highest BCUT2D eigenvalue weighted by Crippen LogP contribution is 2.27. The zero-order chi connectivity index (χ0) is 11.1. The molecule has 0 aromatic carbocycles. The molecule has 0 fully saturated rings. The average Bonchev–Trinajstić information content (AvgIpc) is 2.42. The van der Waals surface area contributed by atoms with E-state index in [9.17, 15) is 0 Å². The van der Waals surface area contributed by atoms with Crippen LogP contribution in [0, 0.1) is 0 Å². The SMILES string of the molecule is CC(C)(N)Cc1cc2nc(Cl)ccc2s1. The van der Waals surface area contributed by atoms with Gasteiger partial charge in [-0.3, -0.25) is 0 Å². The van der Waals surface area contributed by atoms with E-state index < -0.39 is 0 Å². The molecule has 0 saturated heterocycles. The Hall–Kier alpha value is -0.640. The summed E-state index contributed by atoms with van der Waals surface area (Å²) < 4.78 is 1.17. The van der Waals surface area contributed by atoms with Crippen LogP contribution < -0.4 is 5.73 Å². The van der Waals surface area contributed by atoms with Crippen LogP contribution in [0.15, 0.2) is 18.2 Å². The monoisotopic (exact) mass is 240 g/mol. The Morgan fingerprint density at radius 3 is 2.87 bits per heavy atom. The maximum Gasteiger partial charge on any atom is 0.129 e. The van der Waals surface area contributed by atoms with Gasteiger partial charge in [-0.15, -0.1) is 11.3 Å². The minimum absolute atomic E-state index is 0.176. The summed E-state index contributed by atoms with van der Waals surface area (Å²) in [5, 5.41) is 0.541. The fourth-order valence-electron chi connectivity index (χ4n) is 1.49. The summed E-state index contributed by atoms with van der Waals surface area (Å²) in [6.07, 6.45) is 0.867. The summed E-state index contributed by atoms with van der Waals surface area (Å²) in [5.74, 6) is 0. The van der Waals surface area contributed by atoms with Crippen molar-refractivity contribution in [2.75, 3.05) is 0 Å². The Kier molecular flexibility index (Phi) is 2.71. The maximum atomic E-state index is 5.98. The molecule has 0 aliphatic heterocycles. The quantitative estimate of drug-likeness (QED) is 0.819. The van der Waals surface area contributed by atoms with Gasteiger partial charge in [0.15, 0.2) is 0 Å². The number of nitrogens with zero attached hydrogens (tertiary/aromatic N) is 1. The number of halogens is 1. The smallest absolute Gasteiger partial charge is 0.129 e. The fourth-order valence-corrected chi connectivity index (χ4v) is 2.88. The second kappa shape index (κ2) is 3.74. The molecule has 2 N–H and O–H groups in total. The molecular weight excluding hydrogens is 228 g/mol. The topological polar surface area (TPSA) is 38.9 Å². The van der Waals surface area contributed by atoms with Crippen LogP contribution in [0.3, 0.4) is 0 Å². The Labute approximate surface area is 98.1 Å². The molecule has 0 bridgehead atoms. The lowest BCUT2D eigenvalue weighted by atomic mass is 10.0. The van der Waals surface area contributed by atoms with Crippen molar-refractivity contribution in [2.45, 2.75) is 25.8 Å². The molecule has 2 aromatic rings. The van der Waals surface area contributed by atoms with Crippen molar-refractivity contribution in [3.63, 3.8) is 0 Å². The largest absolute Gasteiger partial charge is 0.325 e. The van der Waals surface area contributed by atoms with Gasteiger partial charge in [0, 0.05) is 10.4 Å². The normalized spacial score (nSPS) is 12.3. The van der Waals surface area contributed by atoms with Gasteiger partial charge in [-0.05, 0) is 38.5 Å².